The summed E-state index contributed by atoms with van der Waals surface area (Å²) in [6, 6.07) is 20.5. The predicted molar refractivity (Wildman–Crippen MR) is 158 cm³/mol. The van der Waals surface area contributed by atoms with E-state index < -0.39 is 28.5 Å². The predicted octanol–water partition coefficient (Wildman–Crippen LogP) is 5.27. The summed E-state index contributed by atoms with van der Waals surface area (Å²) in [6.07, 6.45) is 0.323. The largest absolute Gasteiger partial charge is 0.494 e. The van der Waals surface area contributed by atoms with Gasteiger partial charge in [0.2, 0.25) is 11.8 Å². The van der Waals surface area contributed by atoms with E-state index in [2.05, 4.69) is 5.32 Å². The second-order valence-corrected chi connectivity index (χ2v) is 11.7. The molecule has 3 rings (SSSR count). The molecule has 0 spiro atoms. The van der Waals surface area contributed by atoms with E-state index in [9.17, 15) is 18.0 Å². The Morgan fingerprint density at radius 3 is 2.12 bits per heavy atom. The summed E-state index contributed by atoms with van der Waals surface area (Å²) >= 11 is 6.42. The first-order valence-electron chi connectivity index (χ1n) is 13.2. The first-order chi connectivity index (χ1) is 19.1. The van der Waals surface area contributed by atoms with Crippen LogP contribution < -0.4 is 14.4 Å². The smallest absolute Gasteiger partial charge is 0.264 e. The standard InChI is InChI=1S/C30H36ClN3O5S/c1-5-28(30(36)32-22(3)4)33(20-23-12-10-11-15-27(23)31)29(35)21-34(24-16-18-25(19-17-24)39-6-2)40(37,38)26-13-8-7-9-14-26/h7-19,22,28H,5-6,20-21H2,1-4H3,(H,32,36)/t28-/m1/s1. The molecule has 40 heavy (non-hydrogen) atoms. The second-order valence-electron chi connectivity index (χ2n) is 9.45. The monoisotopic (exact) mass is 585 g/mol. The van der Waals surface area contributed by atoms with Crippen molar-refractivity contribution < 1.29 is 22.7 Å². The number of carbonyl (C=O) groups is 2. The van der Waals surface area contributed by atoms with Crippen LogP contribution in [0.1, 0.15) is 39.7 Å². The molecule has 1 N–H and O–H groups in total. The van der Waals surface area contributed by atoms with Crippen molar-refractivity contribution in [2.75, 3.05) is 17.5 Å². The maximum atomic E-state index is 14.1. The highest BCUT2D eigenvalue weighted by atomic mass is 35.5. The lowest BCUT2D eigenvalue weighted by Gasteiger charge is -2.33. The molecule has 3 aromatic carbocycles. The van der Waals surface area contributed by atoms with E-state index >= 15 is 0 Å². The molecule has 0 aromatic heterocycles. The number of ether oxygens (including phenoxy) is 1. The molecule has 3 aromatic rings. The molecule has 214 valence electrons. The fraction of sp³-hybridized carbons (Fsp3) is 0.333. The Morgan fingerprint density at radius 2 is 1.55 bits per heavy atom. The summed E-state index contributed by atoms with van der Waals surface area (Å²) in [5.74, 6) is -0.290. The third-order valence-electron chi connectivity index (χ3n) is 6.16. The van der Waals surface area contributed by atoms with Gasteiger partial charge in [-0.1, -0.05) is 54.9 Å². The highest BCUT2D eigenvalue weighted by molar-refractivity contribution is 7.92. The molecular formula is C30H36ClN3O5S. The number of nitrogens with zero attached hydrogens (tertiary/aromatic N) is 2. The molecule has 0 aliphatic carbocycles. The van der Waals surface area contributed by atoms with Crippen LogP contribution in [-0.2, 0) is 26.2 Å². The molecule has 1 atom stereocenters. The van der Waals surface area contributed by atoms with Crippen LogP contribution in [0.4, 0.5) is 5.69 Å². The molecule has 2 amide bonds. The van der Waals surface area contributed by atoms with E-state index in [-0.39, 0.29) is 29.1 Å². The molecule has 0 heterocycles. The van der Waals surface area contributed by atoms with Gasteiger partial charge in [0, 0.05) is 17.6 Å². The molecule has 8 nitrogen and oxygen atoms in total. The highest BCUT2D eigenvalue weighted by Gasteiger charge is 2.34. The van der Waals surface area contributed by atoms with Crippen molar-refractivity contribution in [1.29, 1.82) is 0 Å². The third-order valence-corrected chi connectivity index (χ3v) is 8.32. The van der Waals surface area contributed by atoms with Gasteiger partial charge in [-0.15, -0.1) is 0 Å². The number of nitrogens with one attached hydrogen (secondary N) is 1. The molecule has 0 bridgehead atoms. The van der Waals surface area contributed by atoms with Gasteiger partial charge < -0.3 is 15.0 Å². The van der Waals surface area contributed by atoms with E-state index in [0.717, 1.165) is 4.31 Å². The number of sulfonamides is 1. The molecule has 0 saturated carbocycles. The van der Waals surface area contributed by atoms with E-state index in [1.807, 2.05) is 27.7 Å². The maximum Gasteiger partial charge on any atom is 0.264 e. The van der Waals surface area contributed by atoms with E-state index in [0.29, 0.717) is 29.4 Å². The average Bonchev–Trinajstić information content (AvgIpc) is 2.93. The minimum absolute atomic E-state index is 0.0328. The lowest BCUT2D eigenvalue weighted by Crippen LogP contribution is -2.53. The van der Waals surface area contributed by atoms with Gasteiger partial charge in [-0.25, -0.2) is 8.42 Å². The molecule has 0 aliphatic rings. The van der Waals surface area contributed by atoms with Crippen LogP contribution in [0.15, 0.2) is 83.8 Å². The van der Waals surface area contributed by atoms with Gasteiger partial charge >= 0.3 is 0 Å². The minimum Gasteiger partial charge on any atom is -0.494 e. The Bertz CT molecular complexity index is 1380. The first kappa shape index (κ1) is 31.0. The molecule has 0 radical (unpaired) electrons. The number of rotatable bonds is 13. The van der Waals surface area contributed by atoms with E-state index in [1.165, 1.54) is 17.0 Å². The number of hydrogen-bond donors (Lipinski definition) is 1. The van der Waals surface area contributed by atoms with Crippen molar-refractivity contribution in [3.8, 4) is 5.75 Å². The SMILES string of the molecule is CCOc1ccc(N(CC(=O)N(Cc2ccccc2Cl)[C@H](CC)C(=O)NC(C)C)S(=O)(=O)c2ccccc2)cc1. The third kappa shape index (κ3) is 7.76. The van der Waals surface area contributed by atoms with Crippen LogP contribution in [0.3, 0.4) is 0 Å². The van der Waals surface area contributed by atoms with Crippen molar-refractivity contribution >= 4 is 39.1 Å². The summed E-state index contributed by atoms with van der Waals surface area (Å²) in [4.78, 5) is 28.7. The molecule has 0 fully saturated rings. The number of carbonyl (C=O) groups excluding carboxylic acids is 2. The van der Waals surface area contributed by atoms with Crippen molar-refractivity contribution in [3.63, 3.8) is 0 Å². The Kier molecular flexibility index (Phi) is 11.0. The van der Waals surface area contributed by atoms with Gasteiger partial charge in [0.15, 0.2) is 0 Å². The number of anilines is 1. The molecule has 0 aliphatic heterocycles. The lowest BCUT2D eigenvalue weighted by atomic mass is 10.1. The van der Waals surface area contributed by atoms with Crippen LogP contribution >= 0.6 is 11.6 Å². The van der Waals surface area contributed by atoms with Crippen LogP contribution in [0, 0.1) is 0 Å². The van der Waals surface area contributed by atoms with Crippen molar-refractivity contribution in [2.45, 2.75) is 57.6 Å². The summed E-state index contributed by atoms with van der Waals surface area (Å²) in [5.41, 5.74) is 0.935. The van der Waals surface area contributed by atoms with E-state index in [1.54, 1.807) is 66.7 Å². The van der Waals surface area contributed by atoms with Crippen molar-refractivity contribution in [3.05, 3.63) is 89.4 Å². The van der Waals surface area contributed by atoms with E-state index in [4.69, 9.17) is 16.3 Å². The normalized spacial score (nSPS) is 12.1. The fourth-order valence-electron chi connectivity index (χ4n) is 4.23. The molecular weight excluding hydrogens is 550 g/mol. The van der Waals surface area contributed by atoms with Crippen molar-refractivity contribution in [1.82, 2.24) is 10.2 Å². The molecule has 0 saturated heterocycles. The van der Waals surface area contributed by atoms with Gasteiger partial charge in [-0.05, 0) is 75.2 Å². The Labute approximate surface area is 241 Å². The zero-order chi connectivity index (χ0) is 29.3. The topological polar surface area (TPSA) is 96.0 Å². The number of hydrogen-bond acceptors (Lipinski definition) is 5. The Balaban J connectivity index is 2.06. The summed E-state index contributed by atoms with van der Waals surface area (Å²) < 4.78 is 34.3. The highest BCUT2D eigenvalue weighted by Crippen LogP contribution is 2.27. The van der Waals surface area contributed by atoms with Gasteiger partial charge in [0.25, 0.3) is 10.0 Å². The Morgan fingerprint density at radius 1 is 0.925 bits per heavy atom. The summed E-state index contributed by atoms with van der Waals surface area (Å²) in [7, 11) is -4.14. The summed E-state index contributed by atoms with van der Waals surface area (Å²) in [6.45, 7) is 7.30. The van der Waals surface area contributed by atoms with Gasteiger partial charge in [-0.2, -0.15) is 0 Å². The quantitative estimate of drug-likeness (QED) is 0.295. The van der Waals surface area contributed by atoms with Crippen LogP contribution in [0.5, 0.6) is 5.75 Å². The summed E-state index contributed by atoms with van der Waals surface area (Å²) in [5, 5.41) is 3.32. The minimum atomic E-state index is -4.14. The fourth-order valence-corrected chi connectivity index (χ4v) is 5.86. The van der Waals surface area contributed by atoms with Crippen molar-refractivity contribution in [2.24, 2.45) is 0 Å². The maximum absolute atomic E-state index is 14.1. The number of halogens is 1. The van der Waals surface area contributed by atoms with Gasteiger partial charge in [0.1, 0.15) is 18.3 Å². The molecule has 10 heteroatoms. The second kappa shape index (κ2) is 14.2. The van der Waals surface area contributed by atoms with Crippen LogP contribution in [-0.4, -0.2) is 50.4 Å². The number of amides is 2. The zero-order valence-electron chi connectivity index (χ0n) is 23.2. The number of benzene rings is 3. The van der Waals surface area contributed by atoms with Crippen LogP contribution in [0.25, 0.3) is 0 Å². The Hall–Kier alpha value is -3.56. The van der Waals surface area contributed by atoms with Crippen LogP contribution in [0.2, 0.25) is 5.02 Å². The van der Waals surface area contributed by atoms with Gasteiger partial charge in [0.05, 0.1) is 17.2 Å². The first-order valence-corrected chi connectivity index (χ1v) is 15.0. The average molecular weight is 586 g/mol. The zero-order valence-corrected chi connectivity index (χ0v) is 24.8. The lowest BCUT2D eigenvalue weighted by molar-refractivity contribution is -0.140. The van der Waals surface area contributed by atoms with Gasteiger partial charge in [-0.3, -0.25) is 13.9 Å². The molecule has 0 unspecified atom stereocenters.